The van der Waals surface area contributed by atoms with Crippen molar-refractivity contribution in [1.29, 1.82) is 0 Å². The Morgan fingerprint density at radius 3 is 1.50 bits per heavy atom. The third-order valence-corrected chi connectivity index (χ3v) is 2.89. The van der Waals surface area contributed by atoms with Crippen LogP contribution in [-0.2, 0) is 0 Å². The summed E-state index contributed by atoms with van der Waals surface area (Å²) < 4.78 is 11.6. The van der Waals surface area contributed by atoms with E-state index in [1.807, 2.05) is 48.5 Å². The average molecular weight is 208 g/mol. The van der Waals surface area contributed by atoms with E-state index in [1.165, 1.54) is 0 Å². The number of fused-ring (bicyclic) bond motifs is 5. The predicted octanol–water partition coefficient (Wildman–Crippen LogP) is 4.33. The lowest BCUT2D eigenvalue weighted by atomic mass is 10.2. The third-order valence-electron chi connectivity index (χ3n) is 2.89. The topological polar surface area (TPSA) is 26.3 Å². The second-order valence-corrected chi connectivity index (χ2v) is 3.85. The highest BCUT2D eigenvalue weighted by atomic mass is 16.4. The number of benzene rings is 2. The van der Waals surface area contributed by atoms with Gasteiger partial charge in [-0.1, -0.05) is 24.3 Å². The van der Waals surface area contributed by atoms with Crippen LogP contribution in [-0.4, -0.2) is 0 Å². The van der Waals surface area contributed by atoms with E-state index < -0.39 is 0 Å². The molecule has 2 heterocycles. The van der Waals surface area contributed by atoms with Crippen molar-refractivity contribution in [2.75, 3.05) is 0 Å². The molecule has 4 rings (SSSR count). The van der Waals surface area contributed by atoms with Crippen molar-refractivity contribution in [3.63, 3.8) is 0 Å². The average Bonchev–Trinajstić information content (AvgIpc) is 2.85. The van der Waals surface area contributed by atoms with Crippen LogP contribution in [0.5, 0.6) is 0 Å². The Balaban J connectivity index is 2.35. The lowest BCUT2D eigenvalue weighted by molar-refractivity contribution is 0.653. The molecule has 2 aromatic heterocycles. The summed E-state index contributed by atoms with van der Waals surface area (Å²) in [6.07, 6.45) is 0. The van der Waals surface area contributed by atoms with E-state index in [9.17, 15) is 0 Å². The first-order valence-corrected chi connectivity index (χ1v) is 5.22. The summed E-state index contributed by atoms with van der Waals surface area (Å²) in [5, 5.41) is 2.07. The molecule has 16 heavy (non-hydrogen) atoms. The summed E-state index contributed by atoms with van der Waals surface area (Å²) >= 11 is 0. The first-order chi connectivity index (χ1) is 7.93. The van der Waals surface area contributed by atoms with Crippen LogP contribution in [0.3, 0.4) is 0 Å². The van der Waals surface area contributed by atoms with E-state index in [1.54, 1.807) is 0 Å². The van der Waals surface area contributed by atoms with Gasteiger partial charge < -0.3 is 8.83 Å². The largest absolute Gasteiger partial charge is 0.452 e. The molecule has 0 amide bonds. The fraction of sp³-hybridized carbons (Fsp3) is 0. The first kappa shape index (κ1) is 7.99. The second-order valence-electron chi connectivity index (χ2n) is 3.85. The second kappa shape index (κ2) is 2.67. The zero-order valence-electron chi connectivity index (χ0n) is 8.44. The van der Waals surface area contributed by atoms with Gasteiger partial charge in [-0.2, -0.15) is 0 Å². The number of para-hydroxylation sites is 2. The molecule has 76 valence electrons. The SMILES string of the molecule is c1ccc2c(c1)oc1c3ccccc3oc21. The summed E-state index contributed by atoms with van der Waals surface area (Å²) in [5.41, 5.74) is 3.44. The van der Waals surface area contributed by atoms with Crippen molar-refractivity contribution in [2.45, 2.75) is 0 Å². The fourth-order valence-electron chi connectivity index (χ4n) is 2.15. The van der Waals surface area contributed by atoms with Gasteiger partial charge in [0.1, 0.15) is 11.2 Å². The quantitative estimate of drug-likeness (QED) is 0.430. The Hall–Kier alpha value is -2.22. The van der Waals surface area contributed by atoms with E-state index in [2.05, 4.69) is 0 Å². The van der Waals surface area contributed by atoms with Gasteiger partial charge in [-0.3, -0.25) is 0 Å². The van der Waals surface area contributed by atoms with Gasteiger partial charge in [-0.25, -0.2) is 0 Å². The van der Waals surface area contributed by atoms with Gasteiger partial charge >= 0.3 is 0 Å². The number of hydrogen-bond donors (Lipinski definition) is 0. The van der Waals surface area contributed by atoms with Crippen LogP contribution in [0.2, 0.25) is 0 Å². The van der Waals surface area contributed by atoms with Gasteiger partial charge in [-0.05, 0) is 24.3 Å². The summed E-state index contributed by atoms with van der Waals surface area (Å²) in [6, 6.07) is 15.9. The molecule has 4 aromatic rings. The number of hydrogen-bond acceptors (Lipinski definition) is 2. The van der Waals surface area contributed by atoms with Crippen molar-refractivity contribution in [1.82, 2.24) is 0 Å². The maximum absolute atomic E-state index is 5.81. The molecule has 2 nitrogen and oxygen atoms in total. The molecule has 0 spiro atoms. The lowest BCUT2D eigenvalue weighted by Crippen LogP contribution is -1.62. The minimum Gasteiger partial charge on any atom is -0.452 e. The molecule has 0 aliphatic rings. The highest BCUT2D eigenvalue weighted by Crippen LogP contribution is 2.35. The highest BCUT2D eigenvalue weighted by molar-refractivity contribution is 6.12. The van der Waals surface area contributed by atoms with Crippen molar-refractivity contribution in [3.8, 4) is 0 Å². The zero-order valence-corrected chi connectivity index (χ0v) is 8.44. The Labute approximate surface area is 91.1 Å². The van der Waals surface area contributed by atoms with Crippen LogP contribution in [0, 0.1) is 0 Å². The molecule has 0 saturated heterocycles. The van der Waals surface area contributed by atoms with Gasteiger partial charge in [0.2, 0.25) is 0 Å². The van der Waals surface area contributed by atoms with Crippen LogP contribution in [0.4, 0.5) is 0 Å². The van der Waals surface area contributed by atoms with E-state index >= 15 is 0 Å². The standard InChI is InChI=1S/C14H8O2/c1-3-7-11-9(5-1)13-14(15-11)10-6-2-4-8-12(10)16-13/h1-8H. The number of rotatable bonds is 0. The molecular weight excluding hydrogens is 200 g/mol. The van der Waals surface area contributed by atoms with Crippen LogP contribution < -0.4 is 0 Å². The summed E-state index contributed by atoms with van der Waals surface area (Å²) in [4.78, 5) is 0. The summed E-state index contributed by atoms with van der Waals surface area (Å²) in [5.74, 6) is 0. The van der Waals surface area contributed by atoms with Crippen molar-refractivity contribution < 1.29 is 8.83 Å². The Kier molecular flexibility index (Phi) is 1.33. The van der Waals surface area contributed by atoms with Gasteiger partial charge in [0.05, 0.1) is 10.8 Å². The summed E-state index contributed by atoms with van der Waals surface area (Å²) in [6.45, 7) is 0. The Bertz CT molecular complexity index is 735. The van der Waals surface area contributed by atoms with Gasteiger partial charge in [0.15, 0.2) is 11.2 Å². The molecule has 0 aliphatic heterocycles. The van der Waals surface area contributed by atoms with E-state index in [-0.39, 0.29) is 0 Å². The highest BCUT2D eigenvalue weighted by Gasteiger charge is 2.13. The molecule has 0 aliphatic carbocycles. The molecule has 2 heteroatoms. The molecule has 0 fully saturated rings. The van der Waals surface area contributed by atoms with Crippen LogP contribution in [0.25, 0.3) is 33.1 Å². The normalized spacial score (nSPS) is 11.8. The van der Waals surface area contributed by atoms with Crippen molar-refractivity contribution in [3.05, 3.63) is 48.5 Å². The van der Waals surface area contributed by atoms with Crippen LogP contribution >= 0.6 is 0 Å². The van der Waals surface area contributed by atoms with Gasteiger partial charge in [0.25, 0.3) is 0 Å². The molecule has 0 unspecified atom stereocenters. The Morgan fingerprint density at radius 2 is 1.00 bits per heavy atom. The minimum atomic E-state index is 0.844. The molecular formula is C14H8O2. The van der Waals surface area contributed by atoms with Gasteiger partial charge in [0, 0.05) is 0 Å². The third kappa shape index (κ3) is 0.865. The number of furan rings is 2. The maximum atomic E-state index is 5.81. The molecule has 0 bridgehead atoms. The van der Waals surface area contributed by atoms with Crippen molar-refractivity contribution in [2.24, 2.45) is 0 Å². The molecule has 0 atom stereocenters. The molecule has 0 saturated carbocycles. The van der Waals surface area contributed by atoms with Crippen molar-refractivity contribution >= 4 is 33.1 Å². The minimum absolute atomic E-state index is 0.844. The molecule has 0 radical (unpaired) electrons. The first-order valence-electron chi connectivity index (χ1n) is 5.22. The predicted molar refractivity (Wildman–Crippen MR) is 63.5 cm³/mol. The maximum Gasteiger partial charge on any atom is 0.181 e. The monoisotopic (exact) mass is 208 g/mol. The summed E-state index contributed by atoms with van der Waals surface area (Å²) in [7, 11) is 0. The lowest BCUT2D eigenvalue weighted by Gasteiger charge is -1.87. The Morgan fingerprint density at radius 1 is 0.562 bits per heavy atom. The molecule has 2 aromatic carbocycles. The smallest absolute Gasteiger partial charge is 0.181 e. The van der Waals surface area contributed by atoms with Crippen LogP contribution in [0.15, 0.2) is 57.4 Å². The molecule has 0 N–H and O–H groups in total. The van der Waals surface area contributed by atoms with Crippen LogP contribution in [0.1, 0.15) is 0 Å². The van der Waals surface area contributed by atoms with E-state index in [0.29, 0.717) is 0 Å². The zero-order chi connectivity index (χ0) is 10.5. The fourth-order valence-corrected chi connectivity index (χ4v) is 2.15. The van der Waals surface area contributed by atoms with Gasteiger partial charge in [-0.15, -0.1) is 0 Å². The van der Waals surface area contributed by atoms with E-state index in [0.717, 1.165) is 33.1 Å². The van der Waals surface area contributed by atoms with E-state index in [4.69, 9.17) is 8.83 Å².